The number of hydrogen-bond donors (Lipinski definition) is 2. The Morgan fingerprint density at radius 1 is 1.24 bits per heavy atom. The van der Waals surface area contributed by atoms with Crippen LogP contribution in [0.2, 0.25) is 0 Å². The van der Waals surface area contributed by atoms with Gasteiger partial charge < -0.3 is 14.0 Å². The number of carbonyl (C=O) groups is 2. The topological polar surface area (TPSA) is 110 Å². The highest BCUT2D eigenvalue weighted by molar-refractivity contribution is 7.74. The van der Waals surface area contributed by atoms with Crippen molar-refractivity contribution in [2.45, 2.75) is 0 Å². The van der Waals surface area contributed by atoms with Gasteiger partial charge in [0.05, 0.1) is 18.2 Å². The first kappa shape index (κ1) is 13.1. The molecule has 7 nitrogen and oxygen atoms in total. The molecular weight excluding hydrogens is 252 g/mol. The summed E-state index contributed by atoms with van der Waals surface area (Å²) in [5.74, 6) is -2.29. The van der Waals surface area contributed by atoms with Crippen molar-refractivity contribution in [1.29, 1.82) is 0 Å². The lowest BCUT2D eigenvalue weighted by Gasteiger charge is -2.05. The predicted molar refractivity (Wildman–Crippen MR) is 56.1 cm³/mol. The second-order valence-electron chi connectivity index (χ2n) is 2.84. The van der Waals surface area contributed by atoms with E-state index in [1.54, 1.807) is 0 Å². The molecule has 1 unspecified atom stereocenters. The highest BCUT2D eigenvalue weighted by atomic mass is 32.2. The Labute approximate surface area is 98.5 Å². The number of hydrogen-bond acceptors (Lipinski definition) is 5. The van der Waals surface area contributed by atoms with Crippen molar-refractivity contribution < 1.29 is 32.4 Å². The third-order valence-electron chi connectivity index (χ3n) is 1.74. The fourth-order valence-electron chi connectivity index (χ4n) is 1.09. The van der Waals surface area contributed by atoms with Gasteiger partial charge in [0.15, 0.2) is 0 Å². The molecule has 0 aromatic heterocycles. The number of methoxy groups -OCH3 is 1. The second kappa shape index (κ2) is 5.41. The van der Waals surface area contributed by atoms with E-state index in [0.717, 1.165) is 25.3 Å². The SMILES string of the molecule is COC(=O)c1cc(OS(=O)O)cc(C(=O)O)c1. The van der Waals surface area contributed by atoms with E-state index in [1.165, 1.54) is 0 Å². The summed E-state index contributed by atoms with van der Waals surface area (Å²) < 4.78 is 27.7. The fourth-order valence-corrected chi connectivity index (χ4v) is 1.35. The van der Waals surface area contributed by atoms with E-state index in [-0.39, 0.29) is 16.9 Å². The summed E-state index contributed by atoms with van der Waals surface area (Å²) in [4.78, 5) is 22.0. The van der Waals surface area contributed by atoms with Crippen LogP contribution in [0.3, 0.4) is 0 Å². The summed E-state index contributed by atoms with van der Waals surface area (Å²) in [5, 5.41) is 8.78. The summed E-state index contributed by atoms with van der Waals surface area (Å²) in [5.41, 5.74) is -0.346. The lowest BCUT2D eigenvalue weighted by atomic mass is 10.1. The first-order chi connectivity index (χ1) is 7.93. The van der Waals surface area contributed by atoms with Crippen molar-refractivity contribution >= 4 is 23.3 Å². The van der Waals surface area contributed by atoms with Crippen molar-refractivity contribution in [3.63, 3.8) is 0 Å². The van der Waals surface area contributed by atoms with Crippen LogP contribution in [0.1, 0.15) is 20.7 Å². The van der Waals surface area contributed by atoms with Gasteiger partial charge in [0, 0.05) is 0 Å². The zero-order valence-electron chi connectivity index (χ0n) is 8.58. The van der Waals surface area contributed by atoms with Crippen LogP contribution in [-0.2, 0) is 16.1 Å². The number of rotatable bonds is 4. The van der Waals surface area contributed by atoms with E-state index in [1.807, 2.05) is 0 Å². The Hall–Kier alpha value is -1.93. The number of aromatic carboxylic acids is 1. The van der Waals surface area contributed by atoms with Crippen LogP contribution < -0.4 is 4.18 Å². The summed E-state index contributed by atoms with van der Waals surface area (Å²) >= 11 is -2.61. The number of benzene rings is 1. The van der Waals surface area contributed by atoms with E-state index < -0.39 is 23.3 Å². The first-order valence-electron chi connectivity index (χ1n) is 4.20. The maximum Gasteiger partial charge on any atom is 0.357 e. The van der Waals surface area contributed by atoms with Crippen LogP contribution >= 0.6 is 0 Å². The van der Waals surface area contributed by atoms with Crippen LogP contribution in [0, 0.1) is 0 Å². The Balaban J connectivity index is 3.23. The molecule has 0 aliphatic carbocycles. The van der Waals surface area contributed by atoms with Crippen LogP contribution in [0.15, 0.2) is 18.2 Å². The lowest BCUT2D eigenvalue weighted by Crippen LogP contribution is -2.07. The largest absolute Gasteiger partial charge is 0.478 e. The highest BCUT2D eigenvalue weighted by Gasteiger charge is 2.14. The molecule has 0 radical (unpaired) electrons. The Kier molecular flexibility index (Phi) is 4.18. The molecule has 0 amide bonds. The Morgan fingerprint density at radius 3 is 2.29 bits per heavy atom. The molecule has 2 N–H and O–H groups in total. The maximum atomic E-state index is 11.2. The molecule has 17 heavy (non-hydrogen) atoms. The summed E-state index contributed by atoms with van der Waals surface area (Å²) in [7, 11) is 1.13. The molecule has 0 fully saturated rings. The third kappa shape index (κ3) is 3.54. The van der Waals surface area contributed by atoms with Gasteiger partial charge in [-0.1, -0.05) is 0 Å². The van der Waals surface area contributed by atoms with Gasteiger partial charge in [-0.3, -0.25) is 4.55 Å². The molecule has 0 heterocycles. The van der Waals surface area contributed by atoms with E-state index in [9.17, 15) is 13.8 Å². The molecule has 1 aromatic carbocycles. The maximum absolute atomic E-state index is 11.2. The van der Waals surface area contributed by atoms with Gasteiger partial charge >= 0.3 is 23.3 Å². The van der Waals surface area contributed by atoms with Crippen LogP contribution in [-0.4, -0.2) is 32.9 Å². The van der Waals surface area contributed by atoms with E-state index in [4.69, 9.17) is 9.66 Å². The molecule has 1 rings (SSSR count). The van der Waals surface area contributed by atoms with Crippen molar-refractivity contribution in [3.8, 4) is 5.75 Å². The zero-order valence-corrected chi connectivity index (χ0v) is 9.39. The van der Waals surface area contributed by atoms with Gasteiger partial charge in [0.2, 0.25) is 0 Å². The van der Waals surface area contributed by atoms with Gasteiger partial charge in [-0.2, -0.15) is 4.21 Å². The van der Waals surface area contributed by atoms with Gasteiger partial charge in [-0.05, 0) is 18.2 Å². The molecule has 0 saturated heterocycles. The molecule has 1 aromatic rings. The van der Waals surface area contributed by atoms with Gasteiger partial charge in [0.1, 0.15) is 5.75 Å². The van der Waals surface area contributed by atoms with Crippen molar-refractivity contribution in [1.82, 2.24) is 0 Å². The first-order valence-corrected chi connectivity index (χ1v) is 5.23. The normalized spacial score (nSPS) is 11.6. The fraction of sp³-hybridized carbons (Fsp3) is 0.111. The minimum Gasteiger partial charge on any atom is -0.478 e. The second-order valence-corrected chi connectivity index (χ2v) is 3.44. The average molecular weight is 260 g/mol. The van der Waals surface area contributed by atoms with E-state index in [2.05, 4.69) is 8.92 Å². The molecule has 1 atom stereocenters. The van der Waals surface area contributed by atoms with Gasteiger partial charge in [-0.15, -0.1) is 0 Å². The lowest BCUT2D eigenvalue weighted by molar-refractivity contribution is 0.0600. The number of ether oxygens (including phenoxy) is 1. The van der Waals surface area contributed by atoms with Crippen molar-refractivity contribution in [2.75, 3.05) is 7.11 Å². The summed E-state index contributed by atoms with van der Waals surface area (Å²) in [6.07, 6.45) is 0. The average Bonchev–Trinajstić information content (AvgIpc) is 2.26. The predicted octanol–water partition coefficient (Wildman–Crippen LogP) is 0.687. The Morgan fingerprint density at radius 2 is 1.82 bits per heavy atom. The molecule has 0 aliphatic heterocycles. The van der Waals surface area contributed by atoms with Crippen LogP contribution in [0.4, 0.5) is 0 Å². The summed E-state index contributed by atoms with van der Waals surface area (Å²) in [6, 6.07) is 3.19. The Bertz CT molecular complexity index is 482. The molecule has 0 bridgehead atoms. The number of carboxylic acid groups (broad SMARTS) is 1. The van der Waals surface area contributed by atoms with Gasteiger partial charge in [-0.25, -0.2) is 9.59 Å². The van der Waals surface area contributed by atoms with Gasteiger partial charge in [0.25, 0.3) is 0 Å². The van der Waals surface area contributed by atoms with Crippen molar-refractivity contribution in [2.24, 2.45) is 0 Å². The minimum absolute atomic E-state index is 0.0900. The molecule has 92 valence electrons. The summed E-state index contributed by atoms with van der Waals surface area (Å²) in [6.45, 7) is 0. The molecule has 0 aliphatic rings. The number of esters is 1. The van der Waals surface area contributed by atoms with E-state index >= 15 is 0 Å². The zero-order chi connectivity index (χ0) is 13.0. The number of carbonyl (C=O) groups excluding carboxylic acids is 1. The van der Waals surface area contributed by atoms with E-state index in [0.29, 0.717) is 0 Å². The highest BCUT2D eigenvalue weighted by Crippen LogP contribution is 2.19. The van der Waals surface area contributed by atoms with Crippen LogP contribution in [0.25, 0.3) is 0 Å². The monoisotopic (exact) mass is 260 g/mol. The molecule has 8 heteroatoms. The smallest absolute Gasteiger partial charge is 0.357 e. The van der Waals surface area contributed by atoms with Crippen molar-refractivity contribution in [3.05, 3.63) is 29.3 Å². The minimum atomic E-state index is -2.61. The third-order valence-corrected chi connectivity index (χ3v) is 2.08. The quantitative estimate of drug-likeness (QED) is 0.605. The number of carboxylic acids is 1. The standard InChI is InChI=1S/C9H8O7S/c1-15-9(12)6-2-5(8(10)11)3-7(4-6)16-17(13)14/h2-4H,1H3,(H,10,11)(H,13,14). The van der Waals surface area contributed by atoms with Crippen LogP contribution in [0.5, 0.6) is 5.75 Å². The molecule has 0 saturated carbocycles. The molecular formula is C9H8O7S. The molecule has 0 spiro atoms.